The molecule has 7 rings (SSSR count). The Morgan fingerprint density at radius 2 is 1.81 bits per heavy atom. The summed E-state index contributed by atoms with van der Waals surface area (Å²) in [5, 5.41) is 27.4. The minimum Gasteiger partial charge on any atom is -0.489 e. The molecule has 7 unspecified atom stereocenters. The van der Waals surface area contributed by atoms with E-state index in [4.69, 9.17) is 28.9 Å². The number of nitrogens with one attached hydrogen (secondary N) is 1. The van der Waals surface area contributed by atoms with E-state index >= 15 is 0 Å². The molecular formula is C48H60FN3O10S. The van der Waals surface area contributed by atoms with Crippen molar-refractivity contribution < 1.29 is 51.6 Å². The van der Waals surface area contributed by atoms with Crippen LogP contribution in [0.2, 0.25) is 0 Å². The van der Waals surface area contributed by atoms with E-state index in [1.807, 2.05) is 12.1 Å². The Morgan fingerprint density at radius 3 is 2.51 bits per heavy atom. The van der Waals surface area contributed by atoms with Gasteiger partial charge in [0.1, 0.15) is 23.9 Å². The highest BCUT2D eigenvalue weighted by atomic mass is 32.2. The van der Waals surface area contributed by atoms with Gasteiger partial charge in [-0.25, -0.2) is 12.8 Å². The summed E-state index contributed by atoms with van der Waals surface area (Å²) in [6.07, 6.45) is 9.98. The number of halogens is 1. The summed E-state index contributed by atoms with van der Waals surface area (Å²) < 4.78 is 72.1. The van der Waals surface area contributed by atoms with Crippen LogP contribution >= 0.6 is 0 Å². The molecule has 340 valence electrons. The van der Waals surface area contributed by atoms with Crippen LogP contribution in [0.15, 0.2) is 101 Å². The maximum Gasteiger partial charge on any atom is 0.243 e. The van der Waals surface area contributed by atoms with Gasteiger partial charge in [0.2, 0.25) is 28.0 Å². The highest BCUT2D eigenvalue weighted by molar-refractivity contribution is 7.89. The number of benzene rings is 3. The fourth-order valence-corrected chi connectivity index (χ4v) is 11.1. The monoisotopic (exact) mass is 889 g/mol. The van der Waals surface area contributed by atoms with Gasteiger partial charge in [0.15, 0.2) is 0 Å². The number of ether oxygens (including phenoxy) is 4. The van der Waals surface area contributed by atoms with Gasteiger partial charge in [0.25, 0.3) is 0 Å². The highest BCUT2D eigenvalue weighted by Crippen LogP contribution is 2.62. The van der Waals surface area contributed by atoms with Crippen molar-refractivity contribution in [3.63, 3.8) is 0 Å². The molecule has 3 N–H and O–H groups in total. The van der Waals surface area contributed by atoms with E-state index < -0.39 is 34.1 Å². The number of allylic oxidation sites excluding steroid dienone is 1. The molecule has 0 aromatic heterocycles. The molecule has 2 fully saturated rings. The first-order valence-electron chi connectivity index (χ1n) is 22.1. The lowest BCUT2D eigenvalue weighted by molar-refractivity contribution is -0.250. The highest BCUT2D eigenvalue weighted by Gasteiger charge is 2.65. The predicted molar refractivity (Wildman–Crippen MR) is 236 cm³/mol. The third-order valence-corrected chi connectivity index (χ3v) is 14.6. The number of amides is 1. The summed E-state index contributed by atoms with van der Waals surface area (Å²) >= 11 is 0. The Labute approximate surface area is 369 Å². The number of nitrogens with zero attached hydrogens (tertiary/aromatic N) is 2. The van der Waals surface area contributed by atoms with Crippen LogP contribution in [0, 0.1) is 23.6 Å². The van der Waals surface area contributed by atoms with Crippen LogP contribution in [0.4, 0.5) is 10.1 Å². The number of likely N-dealkylation sites (N-methyl/N-ethyl adjacent to an activating group) is 1. The first kappa shape index (κ1) is 46.4. The van der Waals surface area contributed by atoms with Crippen molar-refractivity contribution in [3.8, 4) is 11.5 Å². The number of aliphatic hydroxyl groups is 2. The van der Waals surface area contributed by atoms with E-state index in [0.29, 0.717) is 60.8 Å². The van der Waals surface area contributed by atoms with Gasteiger partial charge in [-0.15, -0.1) is 6.58 Å². The lowest BCUT2D eigenvalue weighted by atomic mass is 9.55. The van der Waals surface area contributed by atoms with Crippen molar-refractivity contribution in [1.29, 1.82) is 0 Å². The maximum absolute atomic E-state index is 14.9. The molecule has 0 spiro atoms. The second-order valence-corrected chi connectivity index (χ2v) is 18.8. The molecule has 1 amide bonds. The molecule has 0 radical (unpaired) electrons. The molecule has 3 aromatic rings. The zero-order valence-electron chi connectivity index (χ0n) is 36.1. The molecule has 0 bridgehead atoms. The molecule has 15 heteroatoms. The third kappa shape index (κ3) is 10.2. The first-order chi connectivity index (χ1) is 30.5. The number of anilines is 1. The molecule has 1 saturated carbocycles. The van der Waals surface area contributed by atoms with Crippen LogP contribution < -0.4 is 14.8 Å². The molecular weight excluding hydrogens is 830 g/mol. The molecule has 2 aliphatic carbocycles. The summed E-state index contributed by atoms with van der Waals surface area (Å²) in [7, 11) is -2.75. The number of rotatable bonds is 20. The Kier molecular flexibility index (Phi) is 15.4. The zero-order chi connectivity index (χ0) is 44.6. The smallest absolute Gasteiger partial charge is 0.243 e. The van der Waals surface area contributed by atoms with Gasteiger partial charge in [-0.3, -0.25) is 4.79 Å². The number of carbonyl (C=O) groups is 1. The summed E-state index contributed by atoms with van der Waals surface area (Å²) in [5.74, 6) is -2.38. The number of unbranched alkanes of at least 4 members (excludes halogenated alkanes) is 2. The van der Waals surface area contributed by atoms with Crippen LogP contribution in [0.3, 0.4) is 0 Å². The molecule has 1 saturated heterocycles. The Bertz CT molecular complexity index is 2230. The van der Waals surface area contributed by atoms with Crippen molar-refractivity contribution in [2.24, 2.45) is 22.9 Å². The van der Waals surface area contributed by atoms with Crippen LogP contribution in [-0.2, 0) is 35.7 Å². The molecule has 3 aromatic carbocycles. The summed E-state index contributed by atoms with van der Waals surface area (Å²) in [5.41, 5.74) is 3.05. The van der Waals surface area contributed by atoms with E-state index in [1.165, 1.54) is 36.5 Å². The lowest BCUT2D eigenvalue weighted by Crippen LogP contribution is -2.69. The number of hydrogen-bond donors (Lipinski definition) is 3. The topological polar surface area (TPSA) is 165 Å². The number of hydrogen-bond acceptors (Lipinski definition) is 11. The average molecular weight is 890 g/mol. The van der Waals surface area contributed by atoms with Gasteiger partial charge >= 0.3 is 0 Å². The van der Waals surface area contributed by atoms with Crippen molar-refractivity contribution in [1.82, 2.24) is 4.31 Å². The van der Waals surface area contributed by atoms with E-state index in [0.717, 1.165) is 43.2 Å². The molecule has 2 heterocycles. The predicted octanol–water partition coefficient (Wildman–Crippen LogP) is 7.84. The van der Waals surface area contributed by atoms with Crippen molar-refractivity contribution in [3.05, 3.63) is 108 Å². The van der Waals surface area contributed by atoms with Crippen molar-refractivity contribution in [2.45, 2.75) is 107 Å². The van der Waals surface area contributed by atoms with Crippen LogP contribution in [-0.4, -0.2) is 86.1 Å². The summed E-state index contributed by atoms with van der Waals surface area (Å²) in [6, 6.07) is 17.0. The van der Waals surface area contributed by atoms with Crippen LogP contribution in [0.1, 0.15) is 88.2 Å². The number of aliphatic hydroxyl groups excluding tert-OH is 2. The Balaban J connectivity index is 1.41. The second kappa shape index (κ2) is 20.9. The van der Waals surface area contributed by atoms with E-state index in [2.05, 4.69) is 18.0 Å². The molecule has 13 nitrogen and oxygen atoms in total. The second-order valence-electron chi connectivity index (χ2n) is 16.8. The van der Waals surface area contributed by atoms with Gasteiger partial charge in [-0.05, 0) is 104 Å². The normalized spacial score (nSPS) is 25.9. The quantitative estimate of drug-likeness (QED) is 0.0578. The summed E-state index contributed by atoms with van der Waals surface area (Å²) in [4.78, 5) is 18.0. The minimum atomic E-state index is -4.27. The number of carbonyl (C=O) groups excluding carboxylic acids is 1. The Hall–Kier alpha value is -4.64. The average Bonchev–Trinajstić information content (AvgIpc) is 3.28. The number of sulfonamides is 1. The number of oxime groups is 1. The van der Waals surface area contributed by atoms with Gasteiger partial charge in [0.05, 0.1) is 35.8 Å². The lowest BCUT2D eigenvalue weighted by Gasteiger charge is -2.59. The fraction of sp³-hybridized carbons (Fsp3) is 0.500. The molecule has 7 atom stereocenters. The summed E-state index contributed by atoms with van der Waals surface area (Å²) in [6.45, 7) is 6.00. The standard InChI is InChI=1S/C48H60FN3O10S/c1-4-26-60-48-44(52(3)63(56,57)37-21-18-35(19-22-37)50-32(2)55)30-42(51-62-45-17-9-12-27-58-45)39-28-33(13-7-10-24-53)38(15-8-11-25-54)46(47(39)48)40-29-36(20-23-43(40)61-48)59-31-34-14-5-6-16-41(34)49/h4-6,14,16,18-23,28-29,33,38,44-47,53-54H,1,7-13,15,17,24-27,30-31H2,2-3H3,(H,50,55). The Morgan fingerprint density at radius 1 is 1.05 bits per heavy atom. The van der Waals surface area contributed by atoms with Gasteiger partial charge in [0, 0.05) is 62.8 Å². The largest absolute Gasteiger partial charge is 0.489 e. The van der Waals surface area contributed by atoms with Crippen molar-refractivity contribution >= 4 is 27.3 Å². The van der Waals surface area contributed by atoms with Gasteiger partial charge < -0.3 is 39.3 Å². The van der Waals surface area contributed by atoms with E-state index in [-0.39, 0.29) is 67.2 Å². The molecule has 2 aliphatic heterocycles. The fourth-order valence-electron chi connectivity index (χ4n) is 9.73. The SMILES string of the molecule is C=CCOC12Oc3ccc(OCc4ccccc4F)cc3C3C(CCCCO)C(CCCCO)C=C(C(=NOC4CCCCO4)CC1N(C)S(=O)(=O)c1ccc(NC(C)=O)cc1)C32. The van der Waals surface area contributed by atoms with Crippen LogP contribution in [0.5, 0.6) is 11.5 Å². The third-order valence-electron chi connectivity index (χ3n) is 12.7. The van der Waals surface area contributed by atoms with E-state index in [1.54, 1.807) is 42.5 Å². The van der Waals surface area contributed by atoms with Gasteiger partial charge in [-0.2, -0.15) is 4.31 Å². The minimum absolute atomic E-state index is 0.00327. The van der Waals surface area contributed by atoms with Crippen LogP contribution in [0.25, 0.3) is 0 Å². The number of fused-ring (bicyclic) bond motifs is 2. The van der Waals surface area contributed by atoms with E-state index in [9.17, 15) is 27.8 Å². The first-order valence-corrected chi connectivity index (χ1v) is 23.5. The van der Waals surface area contributed by atoms with Gasteiger partial charge in [-0.1, -0.05) is 48.3 Å². The maximum atomic E-state index is 14.9. The molecule has 63 heavy (non-hydrogen) atoms. The van der Waals surface area contributed by atoms with Crippen molar-refractivity contribution in [2.75, 3.05) is 38.8 Å². The zero-order valence-corrected chi connectivity index (χ0v) is 36.9. The molecule has 4 aliphatic rings.